The number of carbonyl (C=O) groups is 2. The van der Waals surface area contributed by atoms with Crippen molar-refractivity contribution in [2.75, 3.05) is 11.9 Å². The van der Waals surface area contributed by atoms with Gasteiger partial charge in [0.2, 0.25) is 15.9 Å². The number of ether oxygens (including phenoxy) is 1. The van der Waals surface area contributed by atoms with Crippen LogP contribution in [-0.4, -0.2) is 26.8 Å². The summed E-state index contributed by atoms with van der Waals surface area (Å²) in [4.78, 5) is 23.2. The summed E-state index contributed by atoms with van der Waals surface area (Å²) in [5, 5.41) is 2.63. The van der Waals surface area contributed by atoms with Crippen LogP contribution in [0.1, 0.15) is 11.1 Å². The van der Waals surface area contributed by atoms with Crippen LogP contribution in [0.3, 0.4) is 0 Å². The second-order valence-corrected chi connectivity index (χ2v) is 7.37. The van der Waals surface area contributed by atoms with Gasteiger partial charge in [-0.1, -0.05) is 18.2 Å². The Labute approximate surface area is 145 Å². The van der Waals surface area contributed by atoms with E-state index in [1.807, 2.05) is 6.07 Å². The van der Waals surface area contributed by atoms with E-state index in [0.717, 1.165) is 5.56 Å². The van der Waals surface area contributed by atoms with Gasteiger partial charge in [0.25, 0.3) is 0 Å². The Balaban J connectivity index is 1.66. The van der Waals surface area contributed by atoms with Crippen molar-refractivity contribution in [3.8, 4) is 5.75 Å². The van der Waals surface area contributed by atoms with Crippen molar-refractivity contribution in [2.24, 2.45) is 0 Å². The first-order valence-electron chi connectivity index (χ1n) is 7.54. The smallest absolute Gasteiger partial charge is 0.326 e. The number of hydrogen-bond acceptors (Lipinski definition) is 5. The molecule has 2 N–H and O–H groups in total. The number of fused-ring (bicyclic) bond motifs is 1. The summed E-state index contributed by atoms with van der Waals surface area (Å²) in [5.74, 6) is -0.510. The van der Waals surface area contributed by atoms with Crippen molar-refractivity contribution in [3.63, 3.8) is 0 Å². The molecular formula is C17H16N2O5S. The summed E-state index contributed by atoms with van der Waals surface area (Å²) in [6.45, 7) is 1.29. The third-order valence-electron chi connectivity index (χ3n) is 3.74. The highest BCUT2D eigenvalue weighted by molar-refractivity contribution is 7.89. The fourth-order valence-corrected chi connectivity index (χ4v) is 3.46. The largest absolute Gasteiger partial charge is 0.425 e. The average Bonchev–Trinajstić information content (AvgIpc) is 2.94. The van der Waals surface area contributed by atoms with Gasteiger partial charge in [-0.15, -0.1) is 0 Å². The zero-order valence-electron chi connectivity index (χ0n) is 13.4. The molecule has 0 fully saturated rings. The molecule has 0 aliphatic carbocycles. The summed E-state index contributed by atoms with van der Waals surface area (Å²) in [6.07, 6.45) is 0.133. The maximum Gasteiger partial charge on any atom is 0.326 e. The van der Waals surface area contributed by atoms with E-state index in [-0.39, 0.29) is 17.2 Å². The number of amides is 1. The maximum atomic E-state index is 12.3. The number of esters is 1. The van der Waals surface area contributed by atoms with Crippen LogP contribution in [0.5, 0.6) is 5.75 Å². The fourth-order valence-electron chi connectivity index (χ4n) is 2.44. The SMILES string of the molecule is Cc1ccccc1OC(=O)CNS(=O)(=O)c1ccc2c(c1)CC(=O)N2. The van der Waals surface area contributed by atoms with E-state index in [9.17, 15) is 18.0 Å². The molecule has 0 radical (unpaired) electrons. The van der Waals surface area contributed by atoms with Crippen LogP contribution in [0.25, 0.3) is 0 Å². The molecule has 3 rings (SSSR count). The highest BCUT2D eigenvalue weighted by Crippen LogP contribution is 2.25. The van der Waals surface area contributed by atoms with Crippen LogP contribution >= 0.6 is 0 Å². The van der Waals surface area contributed by atoms with Gasteiger partial charge in [0.05, 0.1) is 11.3 Å². The molecule has 0 unspecified atom stereocenters. The summed E-state index contributed by atoms with van der Waals surface area (Å²) in [6, 6.07) is 11.3. The van der Waals surface area contributed by atoms with Gasteiger partial charge in [-0.25, -0.2) is 8.42 Å². The van der Waals surface area contributed by atoms with Crippen molar-refractivity contribution in [2.45, 2.75) is 18.2 Å². The van der Waals surface area contributed by atoms with E-state index in [4.69, 9.17) is 4.74 Å². The van der Waals surface area contributed by atoms with Crippen molar-refractivity contribution < 1.29 is 22.7 Å². The van der Waals surface area contributed by atoms with Gasteiger partial charge >= 0.3 is 5.97 Å². The Kier molecular flexibility index (Phi) is 4.56. The van der Waals surface area contributed by atoms with Gasteiger partial charge in [0.1, 0.15) is 12.3 Å². The van der Waals surface area contributed by atoms with Gasteiger partial charge in [-0.3, -0.25) is 9.59 Å². The highest BCUT2D eigenvalue weighted by Gasteiger charge is 2.22. The van der Waals surface area contributed by atoms with E-state index in [1.165, 1.54) is 18.2 Å². The Morgan fingerprint density at radius 1 is 1.24 bits per heavy atom. The average molecular weight is 360 g/mol. The molecule has 7 nitrogen and oxygen atoms in total. The quantitative estimate of drug-likeness (QED) is 0.619. The minimum atomic E-state index is -3.89. The lowest BCUT2D eigenvalue weighted by atomic mass is 10.2. The van der Waals surface area contributed by atoms with Crippen LogP contribution < -0.4 is 14.8 Å². The molecule has 2 aromatic carbocycles. The lowest BCUT2D eigenvalue weighted by Gasteiger charge is -2.09. The Hall–Kier alpha value is -2.71. The number of aryl methyl sites for hydroxylation is 1. The molecule has 0 saturated carbocycles. The lowest BCUT2D eigenvalue weighted by molar-refractivity contribution is -0.133. The molecule has 0 spiro atoms. The van der Waals surface area contributed by atoms with E-state index in [2.05, 4.69) is 10.0 Å². The van der Waals surface area contributed by atoms with Crippen LogP contribution in [-0.2, 0) is 26.0 Å². The molecule has 0 bridgehead atoms. The molecule has 1 amide bonds. The number of nitrogens with one attached hydrogen (secondary N) is 2. The first-order valence-corrected chi connectivity index (χ1v) is 9.02. The predicted molar refractivity (Wildman–Crippen MR) is 90.8 cm³/mol. The first kappa shape index (κ1) is 17.1. The van der Waals surface area contributed by atoms with Gasteiger partial charge in [-0.2, -0.15) is 4.72 Å². The Morgan fingerprint density at radius 2 is 2.00 bits per heavy atom. The predicted octanol–water partition coefficient (Wildman–Crippen LogP) is 1.37. The molecule has 1 heterocycles. The fraction of sp³-hybridized carbons (Fsp3) is 0.176. The standard InChI is InChI=1S/C17H16N2O5S/c1-11-4-2-3-5-15(11)24-17(21)10-18-25(22,23)13-6-7-14-12(8-13)9-16(20)19-14/h2-8,18H,9-10H2,1H3,(H,19,20). The number of para-hydroxylation sites is 1. The van der Waals surface area contributed by atoms with Gasteiger partial charge in [0, 0.05) is 5.69 Å². The summed E-state index contributed by atoms with van der Waals surface area (Å²) in [7, 11) is -3.89. The summed E-state index contributed by atoms with van der Waals surface area (Å²) >= 11 is 0. The molecule has 0 aromatic heterocycles. The van der Waals surface area contributed by atoms with Gasteiger partial charge in [-0.05, 0) is 42.3 Å². The number of rotatable bonds is 5. The molecule has 0 atom stereocenters. The van der Waals surface area contributed by atoms with Gasteiger partial charge in [0.15, 0.2) is 0 Å². The lowest BCUT2D eigenvalue weighted by Crippen LogP contribution is -2.32. The summed E-state index contributed by atoms with van der Waals surface area (Å²) < 4.78 is 32.0. The van der Waals surface area contributed by atoms with E-state index >= 15 is 0 Å². The molecule has 0 saturated heterocycles. The zero-order chi connectivity index (χ0) is 18.0. The van der Waals surface area contributed by atoms with Crippen LogP contribution in [0.15, 0.2) is 47.4 Å². The van der Waals surface area contributed by atoms with Crippen molar-refractivity contribution >= 4 is 27.6 Å². The molecular weight excluding hydrogens is 344 g/mol. The normalized spacial score (nSPS) is 13.2. The van der Waals surface area contributed by atoms with Crippen LogP contribution in [0.4, 0.5) is 5.69 Å². The maximum absolute atomic E-state index is 12.3. The minimum Gasteiger partial charge on any atom is -0.425 e. The summed E-state index contributed by atoms with van der Waals surface area (Å²) in [5.41, 5.74) is 1.98. The molecule has 8 heteroatoms. The zero-order valence-corrected chi connectivity index (χ0v) is 14.2. The number of carbonyl (C=O) groups excluding carboxylic acids is 2. The molecule has 1 aliphatic rings. The van der Waals surface area contributed by atoms with E-state index in [1.54, 1.807) is 25.1 Å². The first-order chi connectivity index (χ1) is 11.8. The minimum absolute atomic E-state index is 0.00792. The van der Waals surface area contributed by atoms with Crippen molar-refractivity contribution in [1.29, 1.82) is 0 Å². The molecule has 25 heavy (non-hydrogen) atoms. The second-order valence-electron chi connectivity index (χ2n) is 5.61. The second kappa shape index (κ2) is 6.66. The number of anilines is 1. The number of benzene rings is 2. The Bertz CT molecular complexity index is 953. The van der Waals surface area contributed by atoms with Crippen molar-refractivity contribution in [3.05, 3.63) is 53.6 Å². The number of sulfonamides is 1. The molecule has 2 aromatic rings. The molecule has 130 valence electrons. The number of hydrogen-bond donors (Lipinski definition) is 2. The molecule has 1 aliphatic heterocycles. The van der Waals surface area contributed by atoms with E-state index in [0.29, 0.717) is 17.0 Å². The third kappa shape index (κ3) is 3.86. The monoisotopic (exact) mass is 360 g/mol. The van der Waals surface area contributed by atoms with Gasteiger partial charge < -0.3 is 10.1 Å². The topological polar surface area (TPSA) is 102 Å². The third-order valence-corrected chi connectivity index (χ3v) is 5.13. The van der Waals surface area contributed by atoms with E-state index < -0.39 is 22.5 Å². The van der Waals surface area contributed by atoms with Crippen LogP contribution in [0, 0.1) is 6.92 Å². The van der Waals surface area contributed by atoms with Crippen LogP contribution in [0.2, 0.25) is 0 Å². The van der Waals surface area contributed by atoms with Crippen molar-refractivity contribution in [1.82, 2.24) is 4.72 Å². The highest BCUT2D eigenvalue weighted by atomic mass is 32.2. The Morgan fingerprint density at radius 3 is 2.76 bits per heavy atom.